The van der Waals surface area contributed by atoms with E-state index in [1.165, 1.54) is 0 Å². The quantitative estimate of drug-likeness (QED) is 0.625. The number of carbonyl (C=O) groups excluding carboxylic acids is 1. The molecule has 3 nitrogen and oxygen atoms in total. The number of nitrogens with two attached hydrogens (primary N) is 1. The zero-order valence-electron chi connectivity index (χ0n) is 8.10. The van der Waals surface area contributed by atoms with E-state index in [1.54, 1.807) is 6.92 Å². The summed E-state index contributed by atoms with van der Waals surface area (Å²) in [4.78, 5) is 10.6. The van der Waals surface area contributed by atoms with Crippen molar-refractivity contribution in [1.29, 1.82) is 0 Å². The van der Waals surface area contributed by atoms with Crippen LogP contribution in [0.3, 0.4) is 0 Å². The van der Waals surface area contributed by atoms with Crippen LogP contribution in [-0.4, -0.2) is 19.0 Å². The number of nitrogens with one attached hydrogen (secondary N) is 1. The van der Waals surface area contributed by atoms with Gasteiger partial charge in [-0.25, -0.2) is 0 Å². The summed E-state index contributed by atoms with van der Waals surface area (Å²) in [5, 5.41) is 2.83. The average Bonchev–Trinajstić information content (AvgIpc) is 2.05. The monoisotopic (exact) mass is 172 g/mol. The van der Waals surface area contributed by atoms with Gasteiger partial charge in [-0.15, -0.1) is 0 Å². The van der Waals surface area contributed by atoms with Gasteiger partial charge in [-0.2, -0.15) is 0 Å². The first-order valence-electron chi connectivity index (χ1n) is 4.65. The second-order valence-corrected chi connectivity index (χ2v) is 3.14. The van der Waals surface area contributed by atoms with Crippen molar-refractivity contribution in [2.45, 2.75) is 33.1 Å². The van der Waals surface area contributed by atoms with Crippen LogP contribution in [0.1, 0.15) is 33.1 Å². The molecule has 0 aromatic heterocycles. The summed E-state index contributed by atoms with van der Waals surface area (Å²) >= 11 is 0. The number of amides is 1. The second kappa shape index (κ2) is 7.10. The van der Waals surface area contributed by atoms with E-state index in [2.05, 4.69) is 12.2 Å². The van der Waals surface area contributed by atoms with Crippen molar-refractivity contribution in [3.63, 3.8) is 0 Å². The Bertz CT molecular complexity index is 126. The molecule has 0 aliphatic heterocycles. The van der Waals surface area contributed by atoms with Gasteiger partial charge >= 0.3 is 0 Å². The standard InChI is InChI=1S/C9H20N2O/c1-3-9(5-4-6-10)7-11-8(2)12/h9H,3-7,10H2,1-2H3,(H,11,12)/t9-/m0/s1. The van der Waals surface area contributed by atoms with Gasteiger partial charge in [0.05, 0.1) is 0 Å². The number of hydrogen-bond donors (Lipinski definition) is 2. The van der Waals surface area contributed by atoms with Crippen molar-refractivity contribution < 1.29 is 4.79 Å². The van der Waals surface area contributed by atoms with E-state index in [-0.39, 0.29) is 5.91 Å². The molecular formula is C9H20N2O. The van der Waals surface area contributed by atoms with Gasteiger partial charge in [0.2, 0.25) is 5.91 Å². The van der Waals surface area contributed by atoms with Crippen LogP contribution in [0.15, 0.2) is 0 Å². The molecule has 0 saturated carbocycles. The maximum Gasteiger partial charge on any atom is 0.216 e. The summed E-state index contributed by atoms with van der Waals surface area (Å²) in [6.45, 7) is 5.24. The Morgan fingerprint density at radius 1 is 1.58 bits per heavy atom. The summed E-state index contributed by atoms with van der Waals surface area (Å²) < 4.78 is 0. The SMILES string of the molecule is CC[C@@H](CCCN)CNC(C)=O. The Kier molecular flexibility index (Phi) is 6.76. The lowest BCUT2D eigenvalue weighted by atomic mass is 10.0. The van der Waals surface area contributed by atoms with Crippen molar-refractivity contribution in [1.82, 2.24) is 5.32 Å². The molecule has 0 spiro atoms. The van der Waals surface area contributed by atoms with E-state index in [4.69, 9.17) is 5.73 Å². The average molecular weight is 172 g/mol. The fraction of sp³-hybridized carbons (Fsp3) is 0.889. The van der Waals surface area contributed by atoms with Crippen LogP contribution in [0.4, 0.5) is 0 Å². The van der Waals surface area contributed by atoms with Gasteiger partial charge in [-0.3, -0.25) is 4.79 Å². The Morgan fingerprint density at radius 3 is 2.67 bits per heavy atom. The molecule has 0 radical (unpaired) electrons. The summed E-state index contributed by atoms with van der Waals surface area (Å²) in [5.74, 6) is 0.652. The van der Waals surface area contributed by atoms with Gasteiger partial charge < -0.3 is 11.1 Å². The molecule has 0 heterocycles. The van der Waals surface area contributed by atoms with E-state index >= 15 is 0 Å². The van der Waals surface area contributed by atoms with Gasteiger partial charge in [-0.05, 0) is 25.3 Å². The maximum absolute atomic E-state index is 10.6. The van der Waals surface area contributed by atoms with Crippen LogP contribution in [0.25, 0.3) is 0 Å². The molecule has 12 heavy (non-hydrogen) atoms. The highest BCUT2D eigenvalue weighted by Crippen LogP contribution is 2.08. The fourth-order valence-electron chi connectivity index (χ4n) is 1.15. The van der Waals surface area contributed by atoms with Crippen LogP contribution in [0.5, 0.6) is 0 Å². The summed E-state index contributed by atoms with van der Waals surface area (Å²) in [5.41, 5.74) is 5.40. The summed E-state index contributed by atoms with van der Waals surface area (Å²) in [6, 6.07) is 0. The highest BCUT2D eigenvalue weighted by Gasteiger charge is 2.05. The third-order valence-electron chi connectivity index (χ3n) is 2.03. The van der Waals surface area contributed by atoms with Gasteiger partial charge in [0.25, 0.3) is 0 Å². The predicted octanol–water partition coefficient (Wildman–Crippen LogP) is 0.888. The largest absolute Gasteiger partial charge is 0.356 e. The van der Waals surface area contributed by atoms with Gasteiger partial charge in [0.15, 0.2) is 0 Å². The molecular weight excluding hydrogens is 152 g/mol. The number of rotatable bonds is 6. The molecule has 0 aromatic rings. The Morgan fingerprint density at radius 2 is 2.25 bits per heavy atom. The first kappa shape index (κ1) is 11.4. The molecule has 0 aromatic carbocycles. The van der Waals surface area contributed by atoms with Crippen LogP contribution in [-0.2, 0) is 4.79 Å². The van der Waals surface area contributed by atoms with Crippen LogP contribution >= 0.6 is 0 Å². The maximum atomic E-state index is 10.6. The minimum absolute atomic E-state index is 0.0567. The van der Waals surface area contributed by atoms with Gasteiger partial charge in [-0.1, -0.05) is 13.3 Å². The van der Waals surface area contributed by atoms with Crippen LogP contribution in [0.2, 0.25) is 0 Å². The van der Waals surface area contributed by atoms with Gasteiger partial charge in [0, 0.05) is 13.5 Å². The molecule has 72 valence electrons. The molecule has 0 bridgehead atoms. The lowest BCUT2D eigenvalue weighted by Gasteiger charge is -2.13. The molecule has 3 heteroatoms. The molecule has 3 N–H and O–H groups in total. The van der Waals surface area contributed by atoms with Crippen molar-refractivity contribution in [3.8, 4) is 0 Å². The molecule has 0 aliphatic rings. The highest BCUT2D eigenvalue weighted by molar-refractivity contribution is 5.72. The molecule has 0 rings (SSSR count). The molecule has 0 fully saturated rings. The number of carbonyl (C=O) groups is 1. The van der Waals surface area contributed by atoms with E-state index in [9.17, 15) is 4.79 Å². The zero-order chi connectivity index (χ0) is 9.40. The van der Waals surface area contributed by atoms with Crippen molar-refractivity contribution in [3.05, 3.63) is 0 Å². The minimum atomic E-state index is 0.0567. The molecule has 1 atom stereocenters. The van der Waals surface area contributed by atoms with E-state index in [0.717, 1.165) is 32.4 Å². The van der Waals surface area contributed by atoms with Gasteiger partial charge in [0.1, 0.15) is 0 Å². The van der Waals surface area contributed by atoms with Crippen molar-refractivity contribution in [2.75, 3.05) is 13.1 Å². The van der Waals surface area contributed by atoms with E-state index < -0.39 is 0 Å². The first-order valence-corrected chi connectivity index (χ1v) is 4.65. The van der Waals surface area contributed by atoms with E-state index in [0.29, 0.717) is 5.92 Å². The van der Waals surface area contributed by atoms with Crippen LogP contribution in [0, 0.1) is 5.92 Å². The molecule has 0 aliphatic carbocycles. The normalized spacial score (nSPS) is 12.6. The van der Waals surface area contributed by atoms with Crippen LogP contribution < -0.4 is 11.1 Å². The topological polar surface area (TPSA) is 55.1 Å². The Labute approximate surface area is 74.7 Å². The highest BCUT2D eigenvalue weighted by atomic mass is 16.1. The lowest BCUT2D eigenvalue weighted by molar-refractivity contribution is -0.119. The summed E-state index contributed by atoms with van der Waals surface area (Å²) in [7, 11) is 0. The van der Waals surface area contributed by atoms with E-state index in [1.807, 2.05) is 0 Å². The predicted molar refractivity (Wildman–Crippen MR) is 50.8 cm³/mol. The van der Waals surface area contributed by atoms with Crippen molar-refractivity contribution in [2.24, 2.45) is 11.7 Å². The molecule has 0 saturated heterocycles. The smallest absolute Gasteiger partial charge is 0.216 e. The number of hydrogen-bond acceptors (Lipinski definition) is 2. The lowest BCUT2D eigenvalue weighted by Crippen LogP contribution is -2.27. The molecule has 1 amide bonds. The second-order valence-electron chi connectivity index (χ2n) is 3.14. The fourth-order valence-corrected chi connectivity index (χ4v) is 1.15. The third kappa shape index (κ3) is 6.16. The summed E-state index contributed by atoms with van der Waals surface area (Å²) in [6.07, 6.45) is 3.28. The Balaban J connectivity index is 3.45. The Hall–Kier alpha value is -0.570. The first-order chi connectivity index (χ1) is 5.70. The van der Waals surface area contributed by atoms with Crippen molar-refractivity contribution >= 4 is 5.91 Å². The minimum Gasteiger partial charge on any atom is -0.356 e. The zero-order valence-corrected chi connectivity index (χ0v) is 8.10. The molecule has 0 unspecified atom stereocenters. The third-order valence-corrected chi connectivity index (χ3v) is 2.03.